The molecular weight excluding hydrogens is 270 g/mol. The summed E-state index contributed by atoms with van der Waals surface area (Å²) in [6, 6.07) is 8.59. The molecule has 3 rings (SSSR count). The first-order chi connectivity index (χ1) is 10.1. The van der Waals surface area contributed by atoms with Crippen molar-refractivity contribution in [3.63, 3.8) is 0 Å². The van der Waals surface area contributed by atoms with Gasteiger partial charge in [-0.15, -0.1) is 0 Å². The van der Waals surface area contributed by atoms with Crippen molar-refractivity contribution in [3.05, 3.63) is 53.0 Å². The molecule has 0 atom stereocenters. The summed E-state index contributed by atoms with van der Waals surface area (Å²) in [5, 5.41) is 0. The fourth-order valence-corrected chi connectivity index (χ4v) is 2.42. The molecule has 1 aliphatic rings. The van der Waals surface area contributed by atoms with Crippen LogP contribution in [0.5, 0.6) is 0 Å². The lowest BCUT2D eigenvalue weighted by Gasteiger charge is -2.15. The monoisotopic (exact) mass is 283 g/mol. The smallest absolute Gasteiger partial charge is 0.299 e. The minimum Gasteiger partial charge on any atom is -0.456 e. The number of anilines is 1. The molecule has 1 aromatic carbocycles. The summed E-state index contributed by atoms with van der Waals surface area (Å²) in [5.74, 6) is -0.403. The molecule has 1 amide bonds. The van der Waals surface area contributed by atoms with Crippen LogP contribution in [-0.2, 0) is 17.8 Å². The van der Waals surface area contributed by atoms with Crippen LogP contribution in [0.15, 0.2) is 34.7 Å². The van der Waals surface area contributed by atoms with Crippen molar-refractivity contribution in [2.75, 3.05) is 4.90 Å². The zero-order chi connectivity index (χ0) is 15.0. The van der Waals surface area contributed by atoms with E-state index in [0.29, 0.717) is 23.3 Å². The Hall–Kier alpha value is -2.69. The summed E-state index contributed by atoms with van der Waals surface area (Å²) in [6.45, 7) is 2.13. The standard InChI is InChI=1S/C16H13NO4/c1-2-10-3-6-14-13(7-10)15(19)16(20)17(14)8-11-4-5-12(9-18)21-11/h3-7,9H,2,8H2,1H3. The third-order valence-electron chi connectivity index (χ3n) is 3.56. The first-order valence-electron chi connectivity index (χ1n) is 6.67. The molecule has 0 saturated heterocycles. The van der Waals surface area contributed by atoms with Gasteiger partial charge in [-0.1, -0.05) is 13.0 Å². The van der Waals surface area contributed by atoms with E-state index in [1.165, 1.54) is 11.0 Å². The highest BCUT2D eigenvalue weighted by Crippen LogP contribution is 2.31. The SMILES string of the molecule is CCc1ccc2c(c1)C(=O)C(=O)N2Cc1ccc(C=O)o1. The molecular formula is C16H13NO4. The van der Waals surface area contributed by atoms with E-state index < -0.39 is 11.7 Å². The van der Waals surface area contributed by atoms with Gasteiger partial charge in [-0.3, -0.25) is 19.3 Å². The average molecular weight is 283 g/mol. The Kier molecular flexibility index (Phi) is 3.17. The number of rotatable bonds is 4. The second kappa shape index (κ2) is 5.01. The van der Waals surface area contributed by atoms with Gasteiger partial charge in [0.1, 0.15) is 5.76 Å². The molecule has 0 radical (unpaired) electrons. The van der Waals surface area contributed by atoms with E-state index in [-0.39, 0.29) is 12.3 Å². The van der Waals surface area contributed by atoms with Gasteiger partial charge in [0.05, 0.1) is 17.8 Å². The van der Waals surface area contributed by atoms with E-state index in [0.717, 1.165) is 12.0 Å². The molecule has 0 spiro atoms. The van der Waals surface area contributed by atoms with Crippen molar-refractivity contribution in [1.29, 1.82) is 0 Å². The summed E-state index contributed by atoms with van der Waals surface area (Å²) in [7, 11) is 0. The highest BCUT2D eigenvalue weighted by molar-refractivity contribution is 6.52. The van der Waals surface area contributed by atoms with Crippen molar-refractivity contribution in [3.8, 4) is 0 Å². The summed E-state index contributed by atoms with van der Waals surface area (Å²) in [4.78, 5) is 36.1. The number of carbonyl (C=O) groups is 3. The van der Waals surface area contributed by atoms with Crippen molar-refractivity contribution in [2.24, 2.45) is 0 Å². The van der Waals surface area contributed by atoms with Crippen LogP contribution in [0.1, 0.15) is 39.2 Å². The molecule has 2 aromatic rings. The largest absolute Gasteiger partial charge is 0.456 e. The fraction of sp³-hybridized carbons (Fsp3) is 0.188. The highest BCUT2D eigenvalue weighted by atomic mass is 16.3. The van der Waals surface area contributed by atoms with E-state index in [4.69, 9.17) is 4.42 Å². The Balaban J connectivity index is 1.95. The number of nitrogens with zero attached hydrogens (tertiary/aromatic N) is 1. The quantitative estimate of drug-likeness (QED) is 0.638. The Labute approximate surface area is 121 Å². The first kappa shape index (κ1) is 13.3. The summed E-state index contributed by atoms with van der Waals surface area (Å²) in [6.07, 6.45) is 1.40. The van der Waals surface area contributed by atoms with Crippen LogP contribution < -0.4 is 4.90 Å². The van der Waals surface area contributed by atoms with E-state index in [2.05, 4.69) is 0 Å². The Morgan fingerprint density at radius 1 is 1.19 bits per heavy atom. The number of ketones is 1. The number of furan rings is 1. The average Bonchev–Trinajstić information content (AvgIpc) is 3.06. The number of aryl methyl sites for hydroxylation is 1. The first-order valence-corrected chi connectivity index (χ1v) is 6.67. The molecule has 5 nitrogen and oxygen atoms in total. The lowest BCUT2D eigenvalue weighted by atomic mass is 10.1. The number of amides is 1. The van der Waals surface area contributed by atoms with Gasteiger partial charge in [-0.05, 0) is 36.2 Å². The molecule has 106 valence electrons. The van der Waals surface area contributed by atoms with Crippen molar-refractivity contribution >= 4 is 23.7 Å². The van der Waals surface area contributed by atoms with Crippen LogP contribution in [-0.4, -0.2) is 18.0 Å². The van der Waals surface area contributed by atoms with Gasteiger partial charge in [-0.25, -0.2) is 0 Å². The zero-order valence-electron chi connectivity index (χ0n) is 11.5. The molecule has 5 heteroatoms. The number of hydrogen-bond donors (Lipinski definition) is 0. The lowest BCUT2D eigenvalue weighted by Crippen LogP contribution is -2.28. The molecule has 2 heterocycles. The van der Waals surface area contributed by atoms with Crippen LogP contribution in [0.4, 0.5) is 5.69 Å². The maximum atomic E-state index is 12.1. The highest BCUT2D eigenvalue weighted by Gasteiger charge is 2.36. The molecule has 0 saturated carbocycles. The van der Waals surface area contributed by atoms with Crippen molar-refractivity contribution in [1.82, 2.24) is 0 Å². The molecule has 0 bridgehead atoms. The van der Waals surface area contributed by atoms with Crippen LogP contribution in [0.25, 0.3) is 0 Å². The van der Waals surface area contributed by atoms with Gasteiger partial charge < -0.3 is 4.42 Å². The van der Waals surface area contributed by atoms with Crippen molar-refractivity contribution in [2.45, 2.75) is 19.9 Å². The van der Waals surface area contributed by atoms with E-state index >= 15 is 0 Å². The third kappa shape index (κ3) is 2.16. The van der Waals surface area contributed by atoms with Crippen LogP contribution in [0.3, 0.4) is 0 Å². The molecule has 1 aliphatic heterocycles. The predicted molar refractivity (Wildman–Crippen MR) is 75.4 cm³/mol. The minimum atomic E-state index is -0.567. The van der Waals surface area contributed by atoms with Crippen LogP contribution >= 0.6 is 0 Å². The number of hydrogen-bond acceptors (Lipinski definition) is 4. The lowest BCUT2D eigenvalue weighted by molar-refractivity contribution is -0.114. The third-order valence-corrected chi connectivity index (χ3v) is 3.56. The van der Waals surface area contributed by atoms with Gasteiger partial charge in [0, 0.05) is 0 Å². The van der Waals surface area contributed by atoms with Gasteiger partial charge in [0.25, 0.3) is 11.7 Å². The topological polar surface area (TPSA) is 67.6 Å². The van der Waals surface area contributed by atoms with Crippen LogP contribution in [0, 0.1) is 0 Å². The number of carbonyl (C=O) groups excluding carboxylic acids is 3. The van der Waals surface area contributed by atoms with E-state index in [1.807, 2.05) is 13.0 Å². The predicted octanol–water partition coefficient (Wildman–Crippen LogP) is 2.38. The molecule has 0 fully saturated rings. The summed E-state index contributed by atoms with van der Waals surface area (Å²) < 4.78 is 5.26. The summed E-state index contributed by atoms with van der Waals surface area (Å²) in [5.41, 5.74) is 2.03. The van der Waals surface area contributed by atoms with Gasteiger partial charge in [0.2, 0.25) is 0 Å². The maximum Gasteiger partial charge on any atom is 0.299 e. The molecule has 0 aliphatic carbocycles. The maximum absolute atomic E-state index is 12.1. The molecule has 0 unspecified atom stereocenters. The Bertz CT molecular complexity index is 744. The summed E-state index contributed by atoms with van der Waals surface area (Å²) >= 11 is 0. The van der Waals surface area contributed by atoms with Gasteiger partial charge in [0.15, 0.2) is 12.0 Å². The van der Waals surface area contributed by atoms with Gasteiger partial charge >= 0.3 is 0 Å². The minimum absolute atomic E-state index is 0.136. The molecule has 21 heavy (non-hydrogen) atoms. The number of fused-ring (bicyclic) bond motifs is 1. The van der Waals surface area contributed by atoms with Crippen LogP contribution in [0.2, 0.25) is 0 Å². The number of Topliss-reactive ketones (excluding diaryl/α,β-unsaturated/α-hetero) is 1. The number of benzene rings is 1. The van der Waals surface area contributed by atoms with E-state index in [1.54, 1.807) is 18.2 Å². The fourth-order valence-electron chi connectivity index (χ4n) is 2.42. The van der Waals surface area contributed by atoms with Gasteiger partial charge in [-0.2, -0.15) is 0 Å². The normalized spacial score (nSPS) is 13.7. The zero-order valence-corrected chi connectivity index (χ0v) is 11.5. The second-order valence-corrected chi connectivity index (χ2v) is 4.85. The second-order valence-electron chi connectivity index (χ2n) is 4.85. The molecule has 0 N–H and O–H groups in total. The Morgan fingerprint density at radius 2 is 2.00 bits per heavy atom. The van der Waals surface area contributed by atoms with E-state index in [9.17, 15) is 14.4 Å². The number of aldehydes is 1. The van der Waals surface area contributed by atoms with Crippen molar-refractivity contribution < 1.29 is 18.8 Å². The Morgan fingerprint density at radius 3 is 2.67 bits per heavy atom. The molecule has 1 aromatic heterocycles.